The van der Waals surface area contributed by atoms with E-state index in [9.17, 15) is 4.39 Å². The van der Waals surface area contributed by atoms with Crippen LogP contribution in [0.25, 0.3) is 10.9 Å². The highest BCUT2D eigenvalue weighted by Crippen LogP contribution is 2.19. The van der Waals surface area contributed by atoms with Gasteiger partial charge < -0.3 is 4.74 Å². The van der Waals surface area contributed by atoms with Crippen LogP contribution in [0, 0.1) is 5.82 Å². The number of fused-ring (bicyclic) bond motifs is 1. The quantitative estimate of drug-likeness (QED) is 0.677. The molecule has 1 aromatic carbocycles. The average Bonchev–Trinajstić information content (AvgIpc) is 2.45. The Bertz CT molecular complexity index is 764. The SMILES string of the molecule is Fc1cc2ncccc2cc1COc1cccc(Br)n1. The molecule has 0 aliphatic heterocycles. The highest BCUT2D eigenvalue weighted by molar-refractivity contribution is 9.10. The van der Waals surface area contributed by atoms with E-state index in [1.54, 1.807) is 24.4 Å². The first-order valence-electron chi connectivity index (χ1n) is 6.01. The topological polar surface area (TPSA) is 35.0 Å². The third-order valence-corrected chi connectivity index (χ3v) is 3.28. The highest BCUT2D eigenvalue weighted by Gasteiger charge is 2.07. The summed E-state index contributed by atoms with van der Waals surface area (Å²) in [4.78, 5) is 8.25. The van der Waals surface area contributed by atoms with Crippen molar-refractivity contribution >= 4 is 26.8 Å². The van der Waals surface area contributed by atoms with Crippen LogP contribution in [-0.4, -0.2) is 9.97 Å². The Labute approximate surface area is 123 Å². The summed E-state index contributed by atoms with van der Waals surface area (Å²) in [5.41, 5.74) is 1.11. The molecule has 100 valence electrons. The molecule has 0 saturated heterocycles. The lowest BCUT2D eigenvalue weighted by Gasteiger charge is -2.07. The highest BCUT2D eigenvalue weighted by atomic mass is 79.9. The molecule has 0 aliphatic carbocycles. The fourth-order valence-electron chi connectivity index (χ4n) is 1.87. The van der Waals surface area contributed by atoms with Gasteiger partial charge in [-0.3, -0.25) is 4.98 Å². The van der Waals surface area contributed by atoms with Gasteiger partial charge in [0.2, 0.25) is 5.88 Å². The Hall–Kier alpha value is -2.01. The summed E-state index contributed by atoms with van der Waals surface area (Å²) in [7, 11) is 0. The monoisotopic (exact) mass is 332 g/mol. The molecule has 0 fully saturated rings. The van der Waals surface area contributed by atoms with Gasteiger partial charge in [0.15, 0.2) is 0 Å². The van der Waals surface area contributed by atoms with Crippen LogP contribution in [0.2, 0.25) is 0 Å². The third-order valence-electron chi connectivity index (χ3n) is 2.84. The summed E-state index contributed by atoms with van der Waals surface area (Å²) >= 11 is 3.26. The molecule has 0 aliphatic rings. The lowest BCUT2D eigenvalue weighted by Crippen LogP contribution is -2.00. The maximum absolute atomic E-state index is 14.0. The number of hydrogen-bond donors (Lipinski definition) is 0. The second-order valence-corrected chi connectivity index (χ2v) is 5.04. The van der Waals surface area contributed by atoms with Gasteiger partial charge in [0.1, 0.15) is 17.0 Å². The molecule has 2 heterocycles. The van der Waals surface area contributed by atoms with Crippen LogP contribution in [0.4, 0.5) is 4.39 Å². The van der Waals surface area contributed by atoms with E-state index in [1.807, 2.05) is 18.2 Å². The van der Waals surface area contributed by atoms with Gasteiger partial charge in [0.05, 0.1) is 5.52 Å². The van der Waals surface area contributed by atoms with Crippen LogP contribution in [-0.2, 0) is 6.61 Å². The summed E-state index contributed by atoms with van der Waals surface area (Å²) in [6.07, 6.45) is 1.64. The summed E-state index contributed by atoms with van der Waals surface area (Å²) in [5, 5.41) is 0.884. The minimum Gasteiger partial charge on any atom is -0.473 e. The average molecular weight is 333 g/mol. The number of aromatic nitrogens is 2. The van der Waals surface area contributed by atoms with Crippen LogP contribution < -0.4 is 4.74 Å². The van der Waals surface area contributed by atoms with Crippen molar-refractivity contribution in [1.82, 2.24) is 9.97 Å². The van der Waals surface area contributed by atoms with Crippen molar-refractivity contribution < 1.29 is 9.13 Å². The Morgan fingerprint density at radius 2 is 2.05 bits per heavy atom. The van der Waals surface area contributed by atoms with Crippen LogP contribution in [0.3, 0.4) is 0 Å². The number of pyridine rings is 2. The molecule has 0 spiro atoms. The van der Waals surface area contributed by atoms with Gasteiger partial charge in [-0.05, 0) is 34.1 Å². The molecule has 0 atom stereocenters. The molecule has 20 heavy (non-hydrogen) atoms. The van der Waals surface area contributed by atoms with E-state index in [0.717, 1.165) is 5.39 Å². The second kappa shape index (κ2) is 5.54. The Kier molecular flexibility index (Phi) is 3.60. The summed E-state index contributed by atoms with van der Waals surface area (Å²) < 4.78 is 20.1. The Morgan fingerprint density at radius 3 is 2.90 bits per heavy atom. The third kappa shape index (κ3) is 2.77. The number of benzene rings is 1. The van der Waals surface area contributed by atoms with Crippen LogP contribution in [0.5, 0.6) is 5.88 Å². The molecular weight excluding hydrogens is 323 g/mol. The van der Waals surface area contributed by atoms with Gasteiger partial charge in [-0.2, -0.15) is 0 Å². The van der Waals surface area contributed by atoms with Crippen molar-refractivity contribution in [3.05, 3.63) is 64.6 Å². The van der Waals surface area contributed by atoms with Crippen LogP contribution >= 0.6 is 15.9 Å². The maximum atomic E-state index is 14.0. The zero-order valence-corrected chi connectivity index (χ0v) is 12.0. The van der Waals surface area contributed by atoms with E-state index in [0.29, 0.717) is 21.6 Å². The van der Waals surface area contributed by atoms with Gasteiger partial charge in [0.25, 0.3) is 0 Å². The number of rotatable bonds is 3. The number of nitrogens with zero attached hydrogens (tertiary/aromatic N) is 2. The molecule has 0 unspecified atom stereocenters. The lowest BCUT2D eigenvalue weighted by molar-refractivity contribution is 0.288. The number of ether oxygens (including phenoxy) is 1. The molecule has 0 amide bonds. The molecule has 0 saturated carbocycles. The zero-order valence-electron chi connectivity index (χ0n) is 10.4. The lowest BCUT2D eigenvalue weighted by atomic mass is 10.1. The fourth-order valence-corrected chi connectivity index (χ4v) is 2.20. The van der Waals surface area contributed by atoms with Crippen molar-refractivity contribution in [2.45, 2.75) is 6.61 Å². The molecule has 3 nitrogen and oxygen atoms in total. The minimum absolute atomic E-state index is 0.125. The van der Waals surface area contributed by atoms with E-state index in [2.05, 4.69) is 25.9 Å². The molecule has 0 radical (unpaired) electrons. The molecule has 2 aromatic heterocycles. The van der Waals surface area contributed by atoms with Gasteiger partial charge in [-0.1, -0.05) is 12.1 Å². The van der Waals surface area contributed by atoms with E-state index < -0.39 is 0 Å². The van der Waals surface area contributed by atoms with Crippen LogP contribution in [0.15, 0.2) is 53.3 Å². The zero-order chi connectivity index (χ0) is 13.9. The first-order valence-corrected chi connectivity index (χ1v) is 6.80. The Balaban J connectivity index is 1.85. The smallest absolute Gasteiger partial charge is 0.214 e. The predicted octanol–water partition coefficient (Wildman–Crippen LogP) is 4.11. The normalized spacial score (nSPS) is 10.7. The van der Waals surface area contributed by atoms with Crippen molar-refractivity contribution in [2.24, 2.45) is 0 Å². The fraction of sp³-hybridized carbons (Fsp3) is 0.0667. The van der Waals surface area contributed by atoms with Crippen molar-refractivity contribution in [3.63, 3.8) is 0 Å². The van der Waals surface area contributed by atoms with Gasteiger partial charge in [-0.25, -0.2) is 9.37 Å². The van der Waals surface area contributed by atoms with E-state index in [-0.39, 0.29) is 12.4 Å². The van der Waals surface area contributed by atoms with Crippen molar-refractivity contribution in [3.8, 4) is 5.88 Å². The standard InChI is InChI=1S/C15H10BrFN2O/c16-14-4-1-5-15(19-14)20-9-11-7-10-3-2-6-18-13(10)8-12(11)17/h1-8H,9H2. The Morgan fingerprint density at radius 1 is 1.15 bits per heavy atom. The molecule has 0 N–H and O–H groups in total. The second-order valence-electron chi connectivity index (χ2n) is 4.23. The number of halogens is 2. The predicted molar refractivity (Wildman–Crippen MR) is 78.0 cm³/mol. The summed E-state index contributed by atoms with van der Waals surface area (Å²) in [6.45, 7) is 0.125. The van der Waals surface area contributed by atoms with Crippen molar-refractivity contribution in [2.75, 3.05) is 0 Å². The number of hydrogen-bond acceptors (Lipinski definition) is 3. The van der Waals surface area contributed by atoms with Gasteiger partial charge >= 0.3 is 0 Å². The molecule has 3 rings (SSSR count). The molecule has 3 aromatic rings. The van der Waals surface area contributed by atoms with E-state index >= 15 is 0 Å². The minimum atomic E-state index is -0.328. The first-order chi connectivity index (χ1) is 9.72. The van der Waals surface area contributed by atoms with Crippen molar-refractivity contribution in [1.29, 1.82) is 0 Å². The molecular formula is C15H10BrFN2O. The largest absolute Gasteiger partial charge is 0.473 e. The van der Waals surface area contributed by atoms with Crippen LogP contribution in [0.1, 0.15) is 5.56 Å². The maximum Gasteiger partial charge on any atom is 0.214 e. The van der Waals surface area contributed by atoms with E-state index in [1.165, 1.54) is 6.07 Å². The summed E-state index contributed by atoms with van der Waals surface area (Å²) in [5.74, 6) is 0.122. The first kappa shape index (κ1) is 13.0. The molecule has 0 bridgehead atoms. The van der Waals surface area contributed by atoms with Gasteiger partial charge in [0, 0.05) is 29.3 Å². The molecule has 5 heteroatoms. The van der Waals surface area contributed by atoms with Gasteiger partial charge in [-0.15, -0.1) is 0 Å². The van der Waals surface area contributed by atoms with E-state index in [4.69, 9.17) is 4.74 Å². The summed E-state index contributed by atoms with van der Waals surface area (Å²) in [6, 6.07) is 12.2.